The van der Waals surface area contributed by atoms with E-state index in [0.29, 0.717) is 0 Å². The maximum absolute atomic E-state index is 10.3. The van der Waals surface area contributed by atoms with Crippen molar-refractivity contribution < 1.29 is 10.9 Å². The van der Waals surface area contributed by atoms with E-state index in [2.05, 4.69) is 0 Å². The molecular formula is C9H14O2. The Hall–Kier alpha value is -0.790. The lowest BCUT2D eigenvalue weighted by molar-refractivity contribution is -0.131. The lowest BCUT2D eigenvalue weighted by Gasteiger charge is -2.12. The van der Waals surface area contributed by atoms with Crippen LogP contribution in [-0.4, -0.2) is 12.6 Å². The van der Waals surface area contributed by atoms with Gasteiger partial charge < -0.3 is 4.74 Å². The lowest BCUT2D eigenvalue weighted by atomic mass is 10.0. The van der Waals surface area contributed by atoms with E-state index in [1.807, 2.05) is 12.2 Å². The fraction of sp³-hybridized carbons (Fsp3) is 0.667. The Morgan fingerprint density at radius 3 is 3.27 bits per heavy atom. The van der Waals surface area contributed by atoms with Gasteiger partial charge in [0.15, 0.2) is 1.37 Å². The van der Waals surface area contributed by atoms with Crippen LogP contribution in [0.2, 0.25) is 0 Å². The average Bonchev–Trinajstić information content (AvgIpc) is 1.93. The number of rotatable bonds is 1. The highest BCUT2D eigenvalue weighted by molar-refractivity contribution is 5.38. The first-order valence-electron chi connectivity index (χ1n) is 4.63. The summed E-state index contributed by atoms with van der Waals surface area (Å²) in [7, 11) is 0. The second-order valence-electron chi connectivity index (χ2n) is 2.81. The fourth-order valence-corrected chi connectivity index (χ4v) is 1.29. The molecule has 0 aromatic carbocycles. The van der Waals surface area contributed by atoms with Crippen LogP contribution >= 0.6 is 0 Å². The Kier molecular flexibility index (Phi) is 3.10. The van der Waals surface area contributed by atoms with E-state index in [9.17, 15) is 4.79 Å². The molecule has 0 aromatic rings. The molecule has 0 bridgehead atoms. The standard InChI is InChI=1S/C9H14O2/c10-8-11-9-6-4-2-1-3-5-7-9/h4,6,8-9H,1-3,5,7H2/b6-4+/i8D. The maximum Gasteiger partial charge on any atom is 0.293 e. The number of hydrogen-bond acceptors (Lipinski definition) is 2. The number of allylic oxidation sites excluding steroid dienone is 1. The smallest absolute Gasteiger partial charge is 0.293 e. The summed E-state index contributed by atoms with van der Waals surface area (Å²) in [5.74, 6) is 0. The summed E-state index contributed by atoms with van der Waals surface area (Å²) in [5, 5.41) is 0. The normalized spacial score (nSPS) is 29.5. The SMILES string of the molecule is [2H]C(=O)OC1/C=C/CCCCC1. The third-order valence-corrected chi connectivity index (χ3v) is 1.91. The van der Waals surface area contributed by atoms with E-state index < -0.39 is 6.45 Å². The Morgan fingerprint density at radius 2 is 2.45 bits per heavy atom. The average molecular weight is 155 g/mol. The number of ether oxygens (including phenoxy) is 1. The van der Waals surface area contributed by atoms with Crippen LogP contribution in [0.4, 0.5) is 0 Å². The van der Waals surface area contributed by atoms with E-state index in [1.165, 1.54) is 12.8 Å². The van der Waals surface area contributed by atoms with E-state index in [0.717, 1.165) is 19.3 Å². The van der Waals surface area contributed by atoms with E-state index in [-0.39, 0.29) is 6.10 Å². The summed E-state index contributed by atoms with van der Waals surface area (Å²) >= 11 is 0. The van der Waals surface area contributed by atoms with Crippen molar-refractivity contribution in [1.82, 2.24) is 0 Å². The molecule has 0 N–H and O–H groups in total. The second-order valence-corrected chi connectivity index (χ2v) is 2.81. The second kappa shape index (κ2) is 4.94. The highest BCUT2D eigenvalue weighted by atomic mass is 16.5. The zero-order chi connectivity index (χ0) is 8.81. The van der Waals surface area contributed by atoms with Crippen molar-refractivity contribution in [1.29, 1.82) is 0 Å². The predicted molar refractivity (Wildman–Crippen MR) is 43.2 cm³/mol. The zero-order valence-electron chi connectivity index (χ0n) is 7.58. The van der Waals surface area contributed by atoms with Gasteiger partial charge in [0, 0.05) is 0 Å². The van der Waals surface area contributed by atoms with Gasteiger partial charge in [0.25, 0.3) is 6.45 Å². The molecule has 0 heterocycles. The molecule has 1 rings (SSSR count). The molecule has 0 aromatic heterocycles. The molecule has 0 spiro atoms. The van der Waals surface area contributed by atoms with Gasteiger partial charge in [0.05, 0.1) is 0 Å². The van der Waals surface area contributed by atoms with Gasteiger partial charge >= 0.3 is 0 Å². The van der Waals surface area contributed by atoms with Gasteiger partial charge in [-0.25, -0.2) is 0 Å². The molecule has 0 saturated heterocycles. The molecule has 62 valence electrons. The minimum atomic E-state index is -0.926. The van der Waals surface area contributed by atoms with E-state index in [4.69, 9.17) is 6.11 Å². The van der Waals surface area contributed by atoms with E-state index >= 15 is 0 Å². The maximum atomic E-state index is 10.3. The third kappa shape index (κ3) is 3.21. The first kappa shape index (κ1) is 6.89. The van der Waals surface area contributed by atoms with Crippen LogP contribution in [0.3, 0.4) is 0 Å². The molecule has 0 radical (unpaired) electrons. The molecule has 1 unspecified atom stereocenters. The Morgan fingerprint density at radius 1 is 1.55 bits per heavy atom. The van der Waals surface area contributed by atoms with Crippen molar-refractivity contribution in [3.63, 3.8) is 0 Å². The van der Waals surface area contributed by atoms with Gasteiger partial charge in [0.1, 0.15) is 6.10 Å². The van der Waals surface area contributed by atoms with Gasteiger partial charge in [-0.2, -0.15) is 0 Å². The first-order valence-corrected chi connectivity index (χ1v) is 4.13. The molecular weight excluding hydrogens is 140 g/mol. The van der Waals surface area contributed by atoms with Crippen molar-refractivity contribution in [3.8, 4) is 0 Å². The third-order valence-electron chi connectivity index (χ3n) is 1.91. The molecule has 0 saturated carbocycles. The van der Waals surface area contributed by atoms with Crippen molar-refractivity contribution in [2.24, 2.45) is 0 Å². The molecule has 0 aliphatic heterocycles. The molecule has 11 heavy (non-hydrogen) atoms. The molecule has 1 aliphatic carbocycles. The summed E-state index contributed by atoms with van der Waals surface area (Å²) in [6.45, 7) is 0. The molecule has 1 aliphatic rings. The zero-order valence-corrected chi connectivity index (χ0v) is 6.58. The van der Waals surface area contributed by atoms with Gasteiger partial charge in [-0.1, -0.05) is 12.5 Å². The largest absolute Gasteiger partial charge is 0.460 e. The van der Waals surface area contributed by atoms with Crippen LogP contribution in [0.15, 0.2) is 12.2 Å². The number of carbonyl (C=O) groups is 1. The summed E-state index contributed by atoms with van der Waals surface area (Å²) in [5.41, 5.74) is 0. The van der Waals surface area contributed by atoms with Crippen LogP contribution in [0.1, 0.15) is 33.5 Å². The van der Waals surface area contributed by atoms with Crippen molar-refractivity contribution >= 4 is 6.45 Å². The van der Waals surface area contributed by atoms with Crippen molar-refractivity contribution in [3.05, 3.63) is 12.2 Å². The summed E-state index contributed by atoms with van der Waals surface area (Å²) < 4.78 is 11.4. The summed E-state index contributed by atoms with van der Waals surface area (Å²) in [4.78, 5) is 10.3. The molecule has 2 nitrogen and oxygen atoms in total. The van der Waals surface area contributed by atoms with Crippen LogP contribution in [0, 0.1) is 0 Å². The summed E-state index contributed by atoms with van der Waals surface area (Å²) in [6, 6.07) is 0. The van der Waals surface area contributed by atoms with Crippen LogP contribution in [-0.2, 0) is 9.53 Å². The summed E-state index contributed by atoms with van der Waals surface area (Å²) in [6.07, 6.45) is 8.27. The number of carbonyl (C=O) groups excluding carboxylic acids is 1. The fourth-order valence-electron chi connectivity index (χ4n) is 1.29. The number of hydrogen-bond donors (Lipinski definition) is 0. The highest BCUT2D eigenvalue weighted by Gasteiger charge is 2.05. The van der Waals surface area contributed by atoms with Crippen LogP contribution in [0.25, 0.3) is 0 Å². The van der Waals surface area contributed by atoms with Crippen molar-refractivity contribution in [2.45, 2.75) is 38.2 Å². The van der Waals surface area contributed by atoms with Gasteiger partial charge in [-0.05, 0) is 31.8 Å². The van der Waals surface area contributed by atoms with E-state index in [1.54, 1.807) is 0 Å². The Balaban J connectivity index is 2.38. The van der Waals surface area contributed by atoms with Crippen LogP contribution < -0.4 is 0 Å². The van der Waals surface area contributed by atoms with Gasteiger partial charge in [-0.15, -0.1) is 0 Å². The van der Waals surface area contributed by atoms with Crippen LogP contribution in [0.5, 0.6) is 0 Å². The molecule has 2 heteroatoms. The van der Waals surface area contributed by atoms with Gasteiger partial charge in [0.2, 0.25) is 0 Å². The quantitative estimate of drug-likeness (QED) is 0.428. The minimum absolute atomic E-state index is 0.157. The van der Waals surface area contributed by atoms with Crippen molar-refractivity contribution in [2.75, 3.05) is 0 Å². The molecule has 0 fully saturated rings. The minimum Gasteiger partial charge on any atom is -0.460 e. The van der Waals surface area contributed by atoms with Gasteiger partial charge in [-0.3, -0.25) is 4.79 Å². The Labute approximate surface area is 68.6 Å². The Bertz CT molecular complexity index is 177. The first-order chi connectivity index (χ1) is 5.79. The molecule has 0 amide bonds. The molecule has 1 atom stereocenters. The lowest BCUT2D eigenvalue weighted by Crippen LogP contribution is -2.09. The topological polar surface area (TPSA) is 26.3 Å². The predicted octanol–water partition coefficient (Wildman–Crippen LogP) is 2.05. The highest BCUT2D eigenvalue weighted by Crippen LogP contribution is 2.13. The monoisotopic (exact) mass is 155 g/mol.